The Hall–Kier alpha value is -2.02. The molecule has 1 heterocycles. The molecule has 0 fully saturated rings. The first-order valence-electron chi connectivity index (χ1n) is 6.34. The van der Waals surface area contributed by atoms with E-state index in [9.17, 15) is 0 Å². The van der Waals surface area contributed by atoms with Crippen molar-refractivity contribution in [3.63, 3.8) is 0 Å². The quantitative estimate of drug-likeness (QED) is 0.679. The highest BCUT2D eigenvalue weighted by atomic mass is 127. The fourth-order valence-corrected chi connectivity index (χ4v) is 2.50. The van der Waals surface area contributed by atoms with E-state index < -0.39 is 0 Å². The van der Waals surface area contributed by atoms with E-state index in [0.29, 0.717) is 5.88 Å². The van der Waals surface area contributed by atoms with Crippen molar-refractivity contribution >= 4 is 28.5 Å². The van der Waals surface area contributed by atoms with E-state index in [4.69, 9.17) is 15.0 Å². The zero-order chi connectivity index (χ0) is 14.8. The van der Waals surface area contributed by atoms with E-state index in [1.807, 2.05) is 48.5 Å². The number of anilines is 1. The zero-order valence-corrected chi connectivity index (χ0v) is 13.5. The molecule has 21 heavy (non-hydrogen) atoms. The van der Waals surface area contributed by atoms with Crippen LogP contribution >= 0.6 is 22.6 Å². The minimum absolute atomic E-state index is 0.314. The summed E-state index contributed by atoms with van der Waals surface area (Å²) < 4.78 is 11.5. The number of halogens is 1. The second-order valence-corrected chi connectivity index (χ2v) is 5.75. The van der Waals surface area contributed by atoms with Crippen LogP contribution in [0, 0.1) is 3.57 Å². The average Bonchev–Trinajstić information content (AvgIpc) is 2.90. The van der Waals surface area contributed by atoms with Gasteiger partial charge in [0.15, 0.2) is 0 Å². The van der Waals surface area contributed by atoms with Gasteiger partial charge in [-0.25, -0.2) is 0 Å². The predicted molar refractivity (Wildman–Crippen MR) is 91.1 cm³/mol. The number of methoxy groups -OCH3 is 1. The smallest absolute Gasteiger partial charge is 0.230 e. The van der Waals surface area contributed by atoms with Gasteiger partial charge in [0.1, 0.15) is 11.4 Å². The lowest BCUT2D eigenvalue weighted by Crippen LogP contribution is -1.89. The average molecular weight is 392 g/mol. The summed E-state index contributed by atoms with van der Waals surface area (Å²) in [6.45, 7) is 0. The van der Waals surface area contributed by atoms with Crippen LogP contribution in [0.1, 0.15) is 0 Å². The van der Waals surface area contributed by atoms with E-state index >= 15 is 0 Å². The van der Waals surface area contributed by atoms with Gasteiger partial charge in [-0.3, -0.25) is 0 Å². The summed E-state index contributed by atoms with van der Waals surface area (Å²) in [5, 5.41) is 4.10. The van der Waals surface area contributed by atoms with Crippen LogP contribution < -0.4 is 10.5 Å². The van der Waals surface area contributed by atoms with Crippen LogP contribution in [0.5, 0.6) is 5.75 Å². The van der Waals surface area contributed by atoms with Crippen LogP contribution in [0.15, 0.2) is 53.1 Å². The van der Waals surface area contributed by atoms with E-state index in [-0.39, 0.29) is 0 Å². The van der Waals surface area contributed by atoms with Crippen molar-refractivity contribution in [2.75, 3.05) is 12.8 Å². The molecule has 0 aliphatic carbocycles. The first kappa shape index (κ1) is 13.9. The summed E-state index contributed by atoms with van der Waals surface area (Å²) >= 11 is 2.27. The van der Waals surface area contributed by atoms with Gasteiger partial charge in [-0.2, -0.15) is 0 Å². The fourth-order valence-electron chi connectivity index (χ4n) is 2.14. The third-order valence-corrected chi connectivity index (χ3v) is 3.93. The minimum atomic E-state index is 0.314. The van der Waals surface area contributed by atoms with Crippen molar-refractivity contribution in [1.82, 2.24) is 5.16 Å². The van der Waals surface area contributed by atoms with Gasteiger partial charge in [-0.05, 0) is 52.4 Å². The Morgan fingerprint density at radius 1 is 1.00 bits per heavy atom. The molecule has 0 saturated heterocycles. The van der Waals surface area contributed by atoms with Crippen molar-refractivity contribution in [1.29, 1.82) is 0 Å². The van der Waals surface area contributed by atoms with Gasteiger partial charge in [-0.15, -0.1) is 0 Å². The SMILES string of the molecule is COc1ccc(-c2c(-c3ccc(I)cc3)noc2N)cc1. The van der Waals surface area contributed by atoms with Crippen molar-refractivity contribution in [3.8, 4) is 28.1 Å². The van der Waals surface area contributed by atoms with Crippen LogP contribution in [-0.4, -0.2) is 12.3 Å². The maximum absolute atomic E-state index is 5.95. The van der Waals surface area contributed by atoms with Crippen LogP contribution in [0.2, 0.25) is 0 Å². The number of hydrogen-bond donors (Lipinski definition) is 1. The van der Waals surface area contributed by atoms with E-state index in [2.05, 4.69) is 27.7 Å². The summed E-state index contributed by atoms with van der Waals surface area (Å²) in [5.41, 5.74) is 9.42. The van der Waals surface area contributed by atoms with E-state index in [0.717, 1.165) is 28.1 Å². The number of rotatable bonds is 3. The second-order valence-electron chi connectivity index (χ2n) is 4.51. The molecule has 0 saturated carbocycles. The molecule has 3 aromatic rings. The Bertz CT molecular complexity index is 749. The third kappa shape index (κ3) is 2.73. The molecule has 0 bridgehead atoms. The van der Waals surface area contributed by atoms with Gasteiger partial charge < -0.3 is 15.0 Å². The molecule has 0 aliphatic heterocycles. The van der Waals surface area contributed by atoms with Crippen molar-refractivity contribution < 1.29 is 9.26 Å². The number of benzene rings is 2. The summed E-state index contributed by atoms with van der Waals surface area (Å²) in [4.78, 5) is 0. The largest absolute Gasteiger partial charge is 0.497 e. The Morgan fingerprint density at radius 2 is 1.62 bits per heavy atom. The number of aromatic nitrogens is 1. The Labute approximate surface area is 136 Å². The summed E-state index contributed by atoms with van der Waals surface area (Å²) in [5.74, 6) is 1.11. The molecule has 2 aromatic carbocycles. The summed E-state index contributed by atoms with van der Waals surface area (Å²) in [7, 11) is 1.64. The van der Waals surface area contributed by atoms with Gasteiger partial charge in [0, 0.05) is 9.13 Å². The fraction of sp³-hybridized carbons (Fsp3) is 0.0625. The molecule has 1 aromatic heterocycles. The maximum atomic E-state index is 5.95. The Kier molecular flexibility index (Phi) is 3.83. The summed E-state index contributed by atoms with van der Waals surface area (Å²) in [6.07, 6.45) is 0. The monoisotopic (exact) mass is 392 g/mol. The molecular weight excluding hydrogens is 379 g/mol. The predicted octanol–water partition coefficient (Wildman–Crippen LogP) is 4.20. The number of nitrogen functional groups attached to an aromatic ring is 1. The third-order valence-electron chi connectivity index (χ3n) is 3.21. The molecule has 0 atom stereocenters. The van der Waals surface area contributed by atoms with Crippen LogP contribution in [-0.2, 0) is 0 Å². The molecule has 2 N–H and O–H groups in total. The molecule has 0 spiro atoms. The van der Waals surface area contributed by atoms with Crippen LogP contribution in [0.4, 0.5) is 5.88 Å². The first-order valence-corrected chi connectivity index (χ1v) is 7.42. The molecule has 0 unspecified atom stereocenters. The molecule has 0 radical (unpaired) electrons. The molecule has 4 nitrogen and oxygen atoms in total. The van der Waals surface area contributed by atoms with Gasteiger partial charge in [-0.1, -0.05) is 29.4 Å². The lowest BCUT2D eigenvalue weighted by molar-refractivity contribution is 0.415. The molecule has 3 rings (SSSR count). The normalized spacial score (nSPS) is 10.6. The molecule has 0 aliphatic rings. The highest BCUT2D eigenvalue weighted by Gasteiger charge is 2.17. The standard InChI is InChI=1S/C16H13IN2O2/c1-20-13-8-4-10(5-9-13)14-15(19-21-16(14)18)11-2-6-12(17)7-3-11/h2-9H,18H2,1H3. The lowest BCUT2D eigenvalue weighted by atomic mass is 10.0. The van der Waals surface area contributed by atoms with Crippen LogP contribution in [0.25, 0.3) is 22.4 Å². The molecular formula is C16H13IN2O2. The molecule has 5 heteroatoms. The Morgan fingerprint density at radius 3 is 2.24 bits per heavy atom. The van der Waals surface area contributed by atoms with Gasteiger partial charge in [0.2, 0.25) is 5.88 Å². The van der Waals surface area contributed by atoms with Crippen LogP contribution in [0.3, 0.4) is 0 Å². The maximum Gasteiger partial charge on any atom is 0.230 e. The molecule has 0 amide bonds. The lowest BCUT2D eigenvalue weighted by Gasteiger charge is -2.05. The van der Waals surface area contributed by atoms with E-state index in [1.54, 1.807) is 7.11 Å². The van der Waals surface area contributed by atoms with Gasteiger partial charge in [0.05, 0.1) is 12.7 Å². The van der Waals surface area contributed by atoms with Gasteiger partial charge >= 0.3 is 0 Å². The second kappa shape index (κ2) is 5.77. The number of nitrogens with zero attached hydrogens (tertiary/aromatic N) is 1. The zero-order valence-electron chi connectivity index (χ0n) is 11.3. The van der Waals surface area contributed by atoms with E-state index in [1.165, 1.54) is 3.57 Å². The highest BCUT2D eigenvalue weighted by Crippen LogP contribution is 2.36. The summed E-state index contributed by atoms with van der Waals surface area (Å²) in [6, 6.07) is 15.7. The first-order chi connectivity index (χ1) is 10.2. The Balaban J connectivity index is 2.09. The number of ether oxygens (including phenoxy) is 1. The number of hydrogen-bond acceptors (Lipinski definition) is 4. The minimum Gasteiger partial charge on any atom is -0.497 e. The van der Waals surface area contributed by atoms with Gasteiger partial charge in [0.25, 0.3) is 0 Å². The topological polar surface area (TPSA) is 61.3 Å². The highest BCUT2D eigenvalue weighted by molar-refractivity contribution is 14.1. The van der Waals surface area contributed by atoms with Crippen molar-refractivity contribution in [2.24, 2.45) is 0 Å². The van der Waals surface area contributed by atoms with Crippen molar-refractivity contribution in [2.45, 2.75) is 0 Å². The molecule has 106 valence electrons. The van der Waals surface area contributed by atoms with Crippen molar-refractivity contribution in [3.05, 3.63) is 52.1 Å². The number of nitrogens with two attached hydrogens (primary N) is 1.